The minimum atomic E-state index is -0.769. The van der Waals surface area contributed by atoms with Crippen molar-refractivity contribution in [3.63, 3.8) is 0 Å². The molecule has 0 aliphatic carbocycles. The molecule has 0 unspecified atom stereocenters. The van der Waals surface area contributed by atoms with Gasteiger partial charge in [0, 0.05) is 6.07 Å². The normalized spacial score (nSPS) is 10.6. The van der Waals surface area contributed by atoms with Gasteiger partial charge in [-0.1, -0.05) is 44.2 Å². The van der Waals surface area contributed by atoms with Crippen LogP contribution in [0.3, 0.4) is 0 Å². The predicted molar refractivity (Wildman–Crippen MR) is 74.6 cm³/mol. The first-order valence-electron chi connectivity index (χ1n) is 6.38. The van der Waals surface area contributed by atoms with E-state index in [2.05, 4.69) is 5.10 Å². The zero-order valence-corrected chi connectivity index (χ0v) is 11.4. The maximum atomic E-state index is 11.8. The lowest BCUT2D eigenvalue weighted by Crippen LogP contribution is -2.30. The highest BCUT2D eigenvalue weighted by Gasteiger charge is 2.11. The molecular formula is C15H16N2O3. The van der Waals surface area contributed by atoms with Gasteiger partial charge in [-0.2, -0.15) is 5.10 Å². The first-order chi connectivity index (χ1) is 9.58. The van der Waals surface area contributed by atoms with Crippen LogP contribution in [0.25, 0.3) is 0 Å². The molecule has 5 nitrogen and oxygen atoms in total. The van der Waals surface area contributed by atoms with E-state index < -0.39 is 11.7 Å². The Balaban J connectivity index is 2.08. The number of carbonyl (C=O) groups excluding carboxylic acids is 1. The molecule has 0 N–H and O–H groups in total. The summed E-state index contributed by atoms with van der Waals surface area (Å²) in [5, 5.41) is 3.84. The molecular weight excluding hydrogens is 256 g/mol. The first kappa shape index (κ1) is 14.0. The molecule has 0 fully saturated rings. The first-order valence-corrected chi connectivity index (χ1v) is 6.38. The van der Waals surface area contributed by atoms with Crippen LogP contribution >= 0.6 is 0 Å². The molecule has 0 atom stereocenters. The van der Waals surface area contributed by atoms with Crippen molar-refractivity contribution in [3.8, 4) is 0 Å². The van der Waals surface area contributed by atoms with Crippen LogP contribution in [0, 0.1) is 0 Å². The summed E-state index contributed by atoms with van der Waals surface area (Å²) in [7, 11) is 0. The molecule has 0 saturated heterocycles. The van der Waals surface area contributed by atoms with Gasteiger partial charge < -0.3 is 4.74 Å². The van der Waals surface area contributed by atoms with Gasteiger partial charge in [0.05, 0.1) is 6.20 Å². The SMILES string of the molecule is CC(C)c1cnn(C(=O)OCc2ccccc2)c(=O)c1. The van der Waals surface area contributed by atoms with Gasteiger partial charge in [0.25, 0.3) is 5.56 Å². The van der Waals surface area contributed by atoms with Gasteiger partial charge >= 0.3 is 6.09 Å². The minimum Gasteiger partial charge on any atom is -0.443 e. The van der Waals surface area contributed by atoms with Crippen LogP contribution in [0.5, 0.6) is 0 Å². The summed E-state index contributed by atoms with van der Waals surface area (Å²) in [5.41, 5.74) is 1.17. The molecule has 1 aromatic heterocycles. The minimum absolute atomic E-state index is 0.111. The monoisotopic (exact) mass is 272 g/mol. The second kappa shape index (κ2) is 6.14. The summed E-state index contributed by atoms with van der Waals surface area (Å²) in [6, 6.07) is 10.7. The van der Waals surface area contributed by atoms with E-state index in [0.717, 1.165) is 15.8 Å². The fraction of sp³-hybridized carbons (Fsp3) is 0.267. The molecule has 104 valence electrons. The van der Waals surface area contributed by atoms with Crippen molar-refractivity contribution >= 4 is 6.09 Å². The number of benzene rings is 1. The Kier molecular flexibility index (Phi) is 4.30. The van der Waals surface area contributed by atoms with Gasteiger partial charge in [0.1, 0.15) is 6.61 Å². The molecule has 0 aliphatic heterocycles. The molecule has 2 aromatic rings. The van der Waals surface area contributed by atoms with Crippen molar-refractivity contribution in [3.05, 3.63) is 64.1 Å². The lowest BCUT2D eigenvalue weighted by atomic mass is 10.1. The van der Waals surface area contributed by atoms with Gasteiger partial charge in [-0.05, 0) is 17.0 Å². The van der Waals surface area contributed by atoms with Gasteiger partial charge in [0.15, 0.2) is 0 Å². The molecule has 1 heterocycles. The molecule has 0 bridgehead atoms. The van der Waals surface area contributed by atoms with E-state index in [1.54, 1.807) is 0 Å². The van der Waals surface area contributed by atoms with E-state index in [-0.39, 0.29) is 12.5 Å². The molecule has 0 radical (unpaired) electrons. The topological polar surface area (TPSA) is 61.2 Å². The Morgan fingerprint density at radius 2 is 2.00 bits per heavy atom. The Bertz CT molecular complexity index is 648. The Hall–Kier alpha value is -2.43. The van der Waals surface area contributed by atoms with Crippen LogP contribution in [0.2, 0.25) is 0 Å². The zero-order valence-electron chi connectivity index (χ0n) is 11.4. The van der Waals surface area contributed by atoms with E-state index >= 15 is 0 Å². The van der Waals surface area contributed by atoms with Crippen LogP contribution < -0.4 is 5.56 Å². The quantitative estimate of drug-likeness (QED) is 0.861. The van der Waals surface area contributed by atoms with E-state index in [4.69, 9.17) is 4.74 Å². The molecule has 0 aliphatic rings. The van der Waals surface area contributed by atoms with E-state index in [0.29, 0.717) is 0 Å². The van der Waals surface area contributed by atoms with Crippen LogP contribution in [0.1, 0.15) is 30.9 Å². The van der Waals surface area contributed by atoms with Crippen molar-refractivity contribution in [1.29, 1.82) is 0 Å². The summed E-state index contributed by atoms with van der Waals surface area (Å²) in [6.45, 7) is 4.02. The largest absolute Gasteiger partial charge is 0.443 e. The molecule has 0 saturated carbocycles. The van der Waals surface area contributed by atoms with Crippen LogP contribution in [0.4, 0.5) is 4.79 Å². The summed E-state index contributed by atoms with van der Waals surface area (Å²) >= 11 is 0. The highest BCUT2D eigenvalue weighted by Crippen LogP contribution is 2.09. The van der Waals surface area contributed by atoms with Crippen molar-refractivity contribution in [2.75, 3.05) is 0 Å². The maximum absolute atomic E-state index is 11.8. The molecule has 20 heavy (non-hydrogen) atoms. The number of hydrogen-bond donors (Lipinski definition) is 0. The van der Waals surface area contributed by atoms with Crippen LogP contribution in [-0.4, -0.2) is 15.9 Å². The summed E-state index contributed by atoms with van der Waals surface area (Å²) in [5.74, 6) is 0.185. The Morgan fingerprint density at radius 1 is 1.30 bits per heavy atom. The van der Waals surface area contributed by atoms with Crippen molar-refractivity contribution < 1.29 is 9.53 Å². The average molecular weight is 272 g/mol. The summed E-state index contributed by atoms with van der Waals surface area (Å²) in [6.07, 6.45) is 0.740. The third-order valence-corrected chi connectivity index (χ3v) is 2.87. The van der Waals surface area contributed by atoms with E-state index in [1.807, 2.05) is 44.2 Å². The second-order valence-corrected chi connectivity index (χ2v) is 4.73. The number of ether oxygens (including phenoxy) is 1. The molecule has 1 aromatic carbocycles. The standard InChI is InChI=1S/C15H16N2O3/c1-11(2)13-8-14(18)17(16-9-13)15(19)20-10-12-6-4-3-5-7-12/h3-9,11H,10H2,1-2H3. The third-order valence-electron chi connectivity index (χ3n) is 2.87. The van der Waals surface area contributed by atoms with Crippen LogP contribution in [0.15, 0.2) is 47.4 Å². The summed E-state index contributed by atoms with van der Waals surface area (Å²) < 4.78 is 5.79. The molecule has 0 amide bonds. The van der Waals surface area contributed by atoms with E-state index in [9.17, 15) is 9.59 Å². The number of aromatic nitrogens is 2. The highest BCUT2D eigenvalue weighted by atomic mass is 16.6. The number of hydrogen-bond acceptors (Lipinski definition) is 4. The lowest BCUT2D eigenvalue weighted by Gasteiger charge is -2.07. The third kappa shape index (κ3) is 3.32. The second-order valence-electron chi connectivity index (χ2n) is 4.73. The number of nitrogens with zero attached hydrogens (tertiary/aromatic N) is 2. The summed E-state index contributed by atoms with van der Waals surface area (Å²) in [4.78, 5) is 23.6. The smallest absolute Gasteiger partial charge is 0.438 e. The predicted octanol–water partition coefficient (Wildman–Crippen LogP) is 2.55. The molecule has 5 heteroatoms. The van der Waals surface area contributed by atoms with Crippen LogP contribution in [-0.2, 0) is 11.3 Å². The van der Waals surface area contributed by atoms with Gasteiger partial charge in [-0.25, -0.2) is 4.79 Å². The van der Waals surface area contributed by atoms with E-state index in [1.165, 1.54) is 12.3 Å². The van der Waals surface area contributed by atoms with Crippen molar-refractivity contribution in [2.24, 2.45) is 0 Å². The average Bonchev–Trinajstić information content (AvgIpc) is 2.45. The van der Waals surface area contributed by atoms with Crippen molar-refractivity contribution in [1.82, 2.24) is 9.78 Å². The fourth-order valence-corrected chi connectivity index (χ4v) is 1.66. The Labute approximate surface area is 116 Å². The zero-order chi connectivity index (χ0) is 14.5. The lowest BCUT2D eigenvalue weighted by molar-refractivity contribution is 0.136. The Morgan fingerprint density at radius 3 is 2.60 bits per heavy atom. The highest BCUT2D eigenvalue weighted by molar-refractivity contribution is 5.68. The number of carbonyl (C=O) groups is 1. The molecule has 2 rings (SSSR count). The van der Waals surface area contributed by atoms with Gasteiger partial charge in [-0.15, -0.1) is 4.68 Å². The van der Waals surface area contributed by atoms with Crippen molar-refractivity contribution in [2.45, 2.75) is 26.4 Å². The maximum Gasteiger partial charge on any atom is 0.438 e. The number of rotatable bonds is 3. The van der Waals surface area contributed by atoms with Gasteiger partial charge in [-0.3, -0.25) is 4.79 Å². The molecule has 0 spiro atoms. The fourth-order valence-electron chi connectivity index (χ4n) is 1.66. The van der Waals surface area contributed by atoms with Gasteiger partial charge in [0.2, 0.25) is 0 Å².